The fourth-order valence-electron chi connectivity index (χ4n) is 1.17. The van der Waals surface area contributed by atoms with Gasteiger partial charge < -0.3 is 5.11 Å². The summed E-state index contributed by atoms with van der Waals surface area (Å²) in [5, 5.41) is 11.5. The Hall–Kier alpha value is -1.20. The minimum absolute atomic E-state index is 0.150. The summed E-state index contributed by atoms with van der Waals surface area (Å²) >= 11 is 3.24. The summed E-state index contributed by atoms with van der Waals surface area (Å²) in [5.41, 5.74) is 0. The van der Waals surface area contributed by atoms with Gasteiger partial charge >= 0.3 is 5.97 Å². The second-order valence-corrected chi connectivity index (χ2v) is 5.05. The van der Waals surface area contributed by atoms with Gasteiger partial charge in [-0.25, -0.2) is 4.98 Å². The predicted octanol–water partition coefficient (Wildman–Crippen LogP) is 2.89. The highest BCUT2D eigenvalue weighted by molar-refractivity contribution is 7.21. The highest BCUT2D eigenvalue weighted by Crippen LogP contribution is 2.30. The van der Waals surface area contributed by atoms with E-state index in [1.807, 2.05) is 23.7 Å². The highest BCUT2D eigenvalue weighted by atomic mass is 32.1. The predicted molar refractivity (Wildman–Crippen MR) is 61.4 cm³/mol. The van der Waals surface area contributed by atoms with E-state index in [1.165, 1.54) is 4.88 Å². The standard InChI is InChI=1S/C10H9NO2S2/c12-10(13)4-3-9-11-6-8(15-9)7-2-1-5-14-7/h1-2,5-6H,3-4H2,(H,12,13). The summed E-state index contributed by atoms with van der Waals surface area (Å²) in [5.74, 6) is -0.775. The van der Waals surface area contributed by atoms with Gasteiger partial charge in [0.2, 0.25) is 0 Å². The molecule has 0 bridgehead atoms. The molecule has 78 valence electrons. The van der Waals surface area contributed by atoms with Gasteiger partial charge in [-0.15, -0.1) is 22.7 Å². The number of carboxylic acid groups (broad SMARTS) is 1. The molecule has 15 heavy (non-hydrogen) atoms. The van der Waals surface area contributed by atoms with Crippen LogP contribution in [0.25, 0.3) is 9.75 Å². The highest BCUT2D eigenvalue weighted by Gasteiger charge is 2.06. The normalized spacial score (nSPS) is 10.4. The molecule has 2 heterocycles. The molecule has 0 aromatic carbocycles. The molecule has 0 saturated carbocycles. The quantitative estimate of drug-likeness (QED) is 0.892. The summed E-state index contributed by atoms with van der Waals surface area (Å²) in [6.45, 7) is 0. The largest absolute Gasteiger partial charge is 0.481 e. The summed E-state index contributed by atoms with van der Waals surface area (Å²) in [6.07, 6.45) is 2.48. The summed E-state index contributed by atoms with van der Waals surface area (Å²) in [4.78, 5) is 16.9. The number of aliphatic carboxylic acids is 1. The molecule has 0 fully saturated rings. The van der Waals surface area contributed by atoms with Crippen molar-refractivity contribution in [1.82, 2.24) is 4.98 Å². The van der Waals surface area contributed by atoms with Crippen LogP contribution in [-0.2, 0) is 11.2 Å². The molecule has 0 unspecified atom stereocenters. The molecule has 2 aromatic rings. The lowest BCUT2D eigenvalue weighted by atomic mass is 10.3. The fraction of sp³-hybridized carbons (Fsp3) is 0.200. The molecule has 0 aliphatic rings. The van der Waals surface area contributed by atoms with E-state index in [-0.39, 0.29) is 6.42 Å². The van der Waals surface area contributed by atoms with Gasteiger partial charge in [-0.05, 0) is 11.4 Å². The molecular weight excluding hydrogens is 230 g/mol. The Morgan fingerprint density at radius 2 is 2.33 bits per heavy atom. The summed E-state index contributed by atoms with van der Waals surface area (Å²) in [7, 11) is 0. The number of thiophene rings is 1. The van der Waals surface area contributed by atoms with E-state index in [9.17, 15) is 4.79 Å². The van der Waals surface area contributed by atoms with Crippen LogP contribution in [0.15, 0.2) is 23.7 Å². The fourth-order valence-corrected chi connectivity index (χ4v) is 2.91. The molecule has 0 aliphatic carbocycles. The van der Waals surface area contributed by atoms with Crippen molar-refractivity contribution in [1.29, 1.82) is 0 Å². The van der Waals surface area contributed by atoms with Crippen LogP contribution >= 0.6 is 22.7 Å². The topological polar surface area (TPSA) is 50.2 Å². The van der Waals surface area contributed by atoms with Gasteiger partial charge in [-0.2, -0.15) is 0 Å². The molecule has 2 rings (SSSR count). The molecule has 0 spiro atoms. The van der Waals surface area contributed by atoms with Crippen LogP contribution in [0, 0.1) is 0 Å². The van der Waals surface area contributed by atoms with Gasteiger partial charge in [0.25, 0.3) is 0 Å². The van der Waals surface area contributed by atoms with Crippen molar-refractivity contribution < 1.29 is 9.90 Å². The van der Waals surface area contributed by atoms with Crippen molar-refractivity contribution in [2.24, 2.45) is 0 Å². The number of nitrogens with zero attached hydrogens (tertiary/aromatic N) is 1. The van der Waals surface area contributed by atoms with Crippen molar-refractivity contribution in [3.8, 4) is 9.75 Å². The lowest BCUT2D eigenvalue weighted by Crippen LogP contribution is -1.96. The Labute approximate surface area is 95.0 Å². The number of rotatable bonds is 4. The first-order chi connectivity index (χ1) is 7.25. The van der Waals surface area contributed by atoms with Gasteiger partial charge in [-0.1, -0.05) is 6.07 Å². The Balaban J connectivity index is 2.08. The van der Waals surface area contributed by atoms with Crippen molar-refractivity contribution in [2.75, 3.05) is 0 Å². The summed E-state index contributed by atoms with van der Waals surface area (Å²) < 4.78 is 0. The Bertz CT molecular complexity index is 448. The Kier molecular flexibility index (Phi) is 3.13. The molecule has 0 saturated heterocycles. The van der Waals surface area contributed by atoms with E-state index in [4.69, 9.17) is 5.11 Å². The van der Waals surface area contributed by atoms with Gasteiger partial charge in [0.05, 0.1) is 16.3 Å². The zero-order valence-corrected chi connectivity index (χ0v) is 9.48. The van der Waals surface area contributed by atoms with Crippen LogP contribution in [0.4, 0.5) is 0 Å². The number of carbonyl (C=O) groups is 1. The first kappa shape index (κ1) is 10.3. The zero-order chi connectivity index (χ0) is 10.7. The third kappa shape index (κ3) is 2.64. The van der Waals surface area contributed by atoms with Gasteiger partial charge in [0.15, 0.2) is 0 Å². The van der Waals surface area contributed by atoms with Crippen LogP contribution < -0.4 is 0 Å². The van der Waals surface area contributed by atoms with Gasteiger partial charge in [0.1, 0.15) is 0 Å². The average Bonchev–Trinajstić information content (AvgIpc) is 2.85. The van der Waals surface area contributed by atoms with Gasteiger partial charge in [-0.3, -0.25) is 4.79 Å². The second kappa shape index (κ2) is 4.55. The molecule has 0 radical (unpaired) electrons. The number of hydrogen-bond donors (Lipinski definition) is 1. The molecule has 1 N–H and O–H groups in total. The third-order valence-corrected chi connectivity index (χ3v) is 3.99. The zero-order valence-electron chi connectivity index (χ0n) is 7.84. The van der Waals surface area contributed by atoms with Gasteiger partial charge in [0, 0.05) is 17.5 Å². The maximum absolute atomic E-state index is 10.4. The number of aromatic nitrogens is 1. The van der Waals surface area contributed by atoms with E-state index in [0.29, 0.717) is 6.42 Å². The maximum atomic E-state index is 10.4. The molecule has 0 amide bonds. The lowest BCUT2D eigenvalue weighted by molar-refractivity contribution is -0.136. The van der Waals surface area contributed by atoms with Crippen molar-refractivity contribution in [3.63, 3.8) is 0 Å². The monoisotopic (exact) mass is 239 g/mol. The van der Waals surface area contributed by atoms with Crippen LogP contribution in [0.2, 0.25) is 0 Å². The van der Waals surface area contributed by atoms with E-state index in [0.717, 1.165) is 9.88 Å². The average molecular weight is 239 g/mol. The van der Waals surface area contributed by atoms with Crippen molar-refractivity contribution in [2.45, 2.75) is 12.8 Å². The van der Waals surface area contributed by atoms with Crippen LogP contribution in [0.1, 0.15) is 11.4 Å². The molecule has 5 heteroatoms. The van der Waals surface area contributed by atoms with E-state index in [1.54, 1.807) is 22.7 Å². The molecule has 3 nitrogen and oxygen atoms in total. The minimum atomic E-state index is -0.775. The number of hydrogen-bond acceptors (Lipinski definition) is 4. The Morgan fingerprint density at radius 3 is 3.00 bits per heavy atom. The second-order valence-electron chi connectivity index (χ2n) is 2.99. The van der Waals surface area contributed by atoms with Crippen LogP contribution in [0.5, 0.6) is 0 Å². The SMILES string of the molecule is O=C(O)CCc1ncc(-c2cccs2)s1. The van der Waals surface area contributed by atoms with Crippen molar-refractivity contribution >= 4 is 28.6 Å². The molecular formula is C10H9NO2S2. The number of aryl methyl sites for hydroxylation is 1. The summed E-state index contributed by atoms with van der Waals surface area (Å²) in [6, 6.07) is 4.04. The molecule has 0 atom stereocenters. The smallest absolute Gasteiger partial charge is 0.303 e. The molecule has 2 aromatic heterocycles. The Morgan fingerprint density at radius 1 is 1.47 bits per heavy atom. The van der Waals surface area contributed by atoms with E-state index < -0.39 is 5.97 Å². The molecule has 0 aliphatic heterocycles. The lowest BCUT2D eigenvalue weighted by Gasteiger charge is -1.90. The maximum Gasteiger partial charge on any atom is 0.303 e. The van der Waals surface area contributed by atoms with Crippen LogP contribution in [-0.4, -0.2) is 16.1 Å². The minimum Gasteiger partial charge on any atom is -0.481 e. The van der Waals surface area contributed by atoms with Crippen LogP contribution in [0.3, 0.4) is 0 Å². The number of thiazole rings is 1. The first-order valence-corrected chi connectivity index (χ1v) is 6.15. The van der Waals surface area contributed by atoms with E-state index >= 15 is 0 Å². The third-order valence-electron chi connectivity index (χ3n) is 1.87. The number of carboxylic acids is 1. The first-order valence-electron chi connectivity index (χ1n) is 4.46. The van der Waals surface area contributed by atoms with Crippen molar-refractivity contribution in [3.05, 3.63) is 28.7 Å². The van der Waals surface area contributed by atoms with E-state index in [2.05, 4.69) is 4.98 Å².